The van der Waals surface area contributed by atoms with E-state index in [4.69, 9.17) is 23.8 Å². The molecule has 0 amide bonds. The lowest BCUT2D eigenvalue weighted by Gasteiger charge is -2.36. The van der Waals surface area contributed by atoms with Gasteiger partial charge in [-0.25, -0.2) is 15.0 Å². The summed E-state index contributed by atoms with van der Waals surface area (Å²) in [5, 5.41) is 4.17. The van der Waals surface area contributed by atoms with Crippen LogP contribution in [0, 0.1) is 0 Å². The zero-order valence-corrected chi connectivity index (χ0v) is 30.6. The monoisotopic (exact) mass is 721 g/mol. The van der Waals surface area contributed by atoms with E-state index in [1.165, 1.54) is 59.9 Å². The molecular weight excluding hydrogens is 687 g/mol. The first-order valence-electron chi connectivity index (χ1n) is 19.6. The smallest absolute Gasteiger partial charge is 0.167 e. The van der Waals surface area contributed by atoms with E-state index >= 15 is 0 Å². The van der Waals surface area contributed by atoms with Crippen molar-refractivity contribution in [2.24, 2.45) is 0 Å². The topological polar surface area (TPSA) is 65.0 Å². The van der Waals surface area contributed by atoms with Gasteiger partial charge >= 0.3 is 0 Å². The van der Waals surface area contributed by atoms with Crippen molar-refractivity contribution in [3.05, 3.63) is 163 Å². The summed E-state index contributed by atoms with van der Waals surface area (Å²) in [5.74, 6) is 1.68. The standard InChI is InChI=1S/C51H35N3O2/c1-8-27-51(28-9-1)42-22-5-2-15-34(42)35-26-25-32(30-43(35)51)31-13-10-14-33(29-31)48-52-49(40-20-11-18-38-36-16-3-6-23-44(36)55-46(38)40)54-50(53-48)41-21-12-19-39-37-17-4-7-24-45(37)56-47(39)41/h2-7,10-26,29-30H,1,8-9,27-28H2. The first-order chi connectivity index (χ1) is 27.7. The second kappa shape index (κ2) is 12.1. The third-order valence-electron chi connectivity index (χ3n) is 12.4. The minimum atomic E-state index is 0.0884. The highest BCUT2D eigenvalue weighted by Crippen LogP contribution is 2.56. The number of rotatable bonds is 4. The second-order valence-electron chi connectivity index (χ2n) is 15.4. The van der Waals surface area contributed by atoms with Crippen LogP contribution in [0.15, 0.2) is 160 Å². The molecule has 0 N–H and O–H groups in total. The van der Waals surface area contributed by atoms with Crippen LogP contribution in [0.4, 0.5) is 0 Å². The average molecular weight is 722 g/mol. The van der Waals surface area contributed by atoms with Crippen molar-refractivity contribution >= 4 is 43.9 Å². The summed E-state index contributed by atoms with van der Waals surface area (Å²) in [6.07, 6.45) is 6.24. The molecule has 1 fully saturated rings. The van der Waals surface area contributed by atoms with Gasteiger partial charge in [0.05, 0.1) is 11.1 Å². The van der Waals surface area contributed by atoms with Crippen LogP contribution < -0.4 is 0 Å². The molecule has 7 aromatic carbocycles. The van der Waals surface area contributed by atoms with Crippen molar-refractivity contribution in [2.45, 2.75) is 37.5 Å². The van der Waals surface area contributed by atoms with Crippen LogP contribution >= 0.6 is 0 Å². The molecule has 56 heavy (non-hydrogen) atoms. The predicted octanol–water partition coefficient (Wildman–Crippen LogP) is 13.6. The van der Waals surface area contributed by atoms with Crippen molar-refractivity contribution in [1.82, 2.24) is 15.0 Å². The number of aromatic nitrogens is 3. The minimum absolute atomic E-state index is 0.0884. The molecule has 5 heteroatoms. The summed E-state index contributed by atoms with van der Waals surface area (Å²) in [6, 6.07) is 53.5. The van der Waals surface area contributed by atoms with Crippen LogP contribution in [-0.2, 0) is 5.41 Å². The van der Waals surface area contributed by atoms with Gasteiger partial charge in [0.15, 0.2) is 17.5 Å². The highest BCUT2D eigenvalue weighted by molar-refractivity contribution is 6.10. The Hall–Kier alpha value is -6.85. The first kappa shape index (κ1) is 31.5. The molecule has 0 aliphatic heterocycles. The molecule has 10 aromatic rings. The molecule has 1 spiro atoms. The van der Waals surface area contributed by atoms with Crippen LogP contribution in [0.3, 0.4) is 0 Å². The number of nitrogens with zero attached hydrogens (tertiary/aromatic N) is 3. The zero-order valence-electron chi connectivity index (χ0n) is 30.6. The van der Waals surface area contributed by atoms with E-state index in [0.717, 1.165) is 66.1 Å². The maximum absolute atomic E-state index is 6.50. The highest BCUT2D eigenvalue weighted by Gasteiger charge is 2.43. The van der Waals surface area contributed by atoms with Crippen molar-refractivity contribution in [2.75, 3.05) is 0 Å². The maximum Gasteiger partial charge on any atom is 0.167 e. The zero-order chi connectivity index (χ0) is 36.8. The Morgan fingerprint density at radius 2 is 0.893 bits per heavy atom. The molecule has 2 aliphatic rings. The van der Waals surface area contributed by atoms with E-state index in [-0.39, 0.29) is 5.41 Å². The largest absolute Gasteiger partial charge is 0.455 e. The normalized spacial score (nSPS) is 14.6. The molecule has 0 bridgehead atoms. The fraction of sp³-hybridized carbons (Fsp3) is 0.118. The summed E-state index contributed by atoms with van der Waals surface area (Å²) in [4.78, 5) is 15.6. The molecule has 5 nitrogen and oxygen atoms in total. The Morgan fingerprint density at radius 1 is 0.375 bits per heavy atom. The summed E-state index contributed by atoms with van der Waals surface area (Å²) >= 11 is 0. The van der Waals surface area contributed by atoms with Gasteiger partial charge < -0.3 is 8.83 Å². The summed E-state index contributed by atoms with van der Waals surface area (Å²) in [6.45, 7) is 0. The van der Waals surface area contributed by atoms with Gasteiger partial charge in [0.1, 0.15) is 22.3 Å². The number of para-hydroxylation sites is 4. The van der Waals surface area contributed by atoms with Crippen LogP contribution in [0.5, 0.6) is 0 Å². The molecule has 2 aliphatic carbocycles. The van der Waals surface area contributed by atoms with Gasteiger partial charge in [-0.05, 0) is 82.6 Å². The van der Waals surface area contributed by atoms with Gasteiger partial charge in [-0.2, -0.15) is 0 Å². The third-order valence-corrected chi connectivity index (χ3v) is 12.4. The average Bonchev–Trinajstić information content (AvgIpc) is 3.92. The fourth-order valence-electron chi connectivity index (χ4n) is 9.76. The molecule has 12 rings (SSSR count). The molecule has 0 unspecified atom stereocenters. The number of hydrogen-bond donors (Lipinski definition) is 0. The molecule has 3 heterocycles. The van der Waals surface area contributed by atoms with E-state index in [9.17, 15) is 0 Å². The second-order valence-corrected chi connectivity index (χ2v) is 15.4. The lowest BCUT2D eigenvalue weighted by atomic mass is 9.67. The predicted molar refractivity (Wildman–Crippen MR) is 225 cm³/mol. The van der Waals surface area contributed by atoms with Crippen molar-refractivity contribution in [3.63, 3.8) is 0 Å². The lowest BCUT2D eigenvalue weighted by molar-refractivity contribution is 0.353. The highest BCUT2D eigenvalue weighted by atomic mass is 16.3. The Balaban J connectivity index is 1.04. The van der Waals surface area contributed by atoms with Gasteiger partial charge in [0, 0.05) is 32.5 Å². The Kier molecular flexibility index (Phi) is 6.79. The Bertz CT molecular complexity index is 3070. The summed E-state index contributed by atoms with van der Waals surface area (Å²) in [5.41, 5.74) is 13.9. The summed E-state index contributed by atoms with van der Waals surface area (Å²) in [7, 11) is 0. The van der Waals surface area contributed by atoms with Gasteiger partial charge in [-0.1, -0.05) is 135 Å². The first-order valence-corrected chi connectivity index (χ1v) is 19.6. The van der Waals surface area contributed by atoms with E-state index in [1.807, 2.05) is 48.5 Å². The molecule has 266 valence electrons. The van der Waals surface area contributed by atoms with Crippen molar-refractivity contribution in [3.8, 4) is 56.4 Å². The van der Waals surface area contributed by atoms with Crippen LogP contribution in [0.2, 0.25) is 0 Å². The van der Waals surface area contributed by atoms with Gasteiger partial charge in [-0.15, -0.1) is 0 Å². The Labute approximate surface area is 323 Å². The van der Waals surface area contributed by atoms with Crippen LogP contribution in [0.1, 0.15) is 43.2 Å². The molecule has 0 atom stereocenters. The van der Waals surface area contributed by atoms with E-state index < -0.39 is 0 Å². The molecule has 0 saturated heterocycles. The number of benzene rings is 7. The van der Waals surface area contributed by atoms with Crippen molar-refractivity contribution < 1.29 is 8.83 Å². The van der Waals surface area contributed by atoms with E-state index in [1.54, 1.807) is 0 Å². The SMILES string of the molecule is c1cc(-c2ccc3c(c2)C2(CCCCC2)c2ccccc2-3)cc(-c2nc(-c3cccc4c3oc3ccccc34)nc(-c3cccc4c3oc3ccccc34)n2)c1. The molecule has 3 aromatic heterocycles. The van der Waals surface area contributed by atoms with Gasteiger partial charge in [-0.3, -0.25) is 0 Å². The fourth-order valence-corrected chi connectivity index (χ4v) is 9.76. The lowest BCUT2D eigenvalue weighted by Crippen LogP contribution is -2.28. The van der Waals surface area contributed by atoms with E-state index in [2.05, 4.69) is 103 Å². The molecule has 1 saturated carbocycles. The van der Waals surface area contributed by atoms with Gasteiger partial charge in [0.2, 0.25) is 0 Å². The van der Waals surface area contributed by atoms with Crippen LogP contribution in [0.25, 0.3) is 100 Å². The Morgan fingerprint density at radius 3 is 1.59 bits per heavy atom. The number of fused-ring (bicyclic) bond motifs is 11. The quantitative estimate of drug-likeness (QED) is 0.181. The maximum atomic E-state index is 6.50. The molecular formula is C51H35N3O2. The minimum Gasteiger partial charge on any atom is -0.455 e. The van der Waals surface area contributed by atoms with Gasteiger partial charge in [0.25, 0.3) is 0 Å². The number of furan rings is 2. The van der Waals surface area contributed by atoms with Crippen molar-refractivity contribution in [1.29, 1.82) is 0 Å². The van der Waals surface area contributed by atoms with E-state index in [0.29, 0.717) is 17.5 Å². The molecule has 0 radical (unpaired) electrons. The summed E-state index contributed by atoms with van der Waals surface area (Å²) < 4.78 is 13.0. The van der Waals surface area contributed by atoms with Crippen LogP contribution in [-0.4, -0.2) is 15.0 Å². The third kappa shape index (κ3) is 4.64. The number of hydrogen-bond acceptors (Lipinski definition) is 5.